The number of halogens is 3. The molecule has 0 aromatic heterocycles. The molecular formula is C17H27F3N2O6. The minimum Gasteiger partial charge on any atom is -0.475 e. The van der Waals surface area contributed by atoms with E-state index in [2.05, 4.69) is 4.90 Å². The van der Waals surface area contributed by atoms with E-state index in [0.29, 0.717) is 19.1 Å². The third-order valence-electron chi connectivity index (χ3n) is 5.01. The maximum Gasteiger partial charge on any atom is 0.490 e. The second-order valence-corrected chi connectivity index (χ2v) is 7.02. The van der Waals surface area contributed by atoms with Gasteiger partial charge in [0.15, 0.2) is 0 Å². The van der Waals surface area contributed by atoms with Gasteiger partial charge in [-0.25, -0.2) is 9.86 Å². The van der Waals surface area contributed by atoms with Crippen molar-refractivity contribution in [2.24, 2.45) is 5.92 Å². The molecule has 0 radical (unpaired) electrons. The van der Waals surface area contributed by atoms with Gasteiger partial charge in [0.2, 0.25) is 0 Å². The molecule has 1 N–H and O–H groups in total. The average Bonchev–Trinajstić information content (AvgIpc) is 3.09. The zero-order chi connectivity index (χ0) is 20.7. The van der Waals surface area contributed by atoms with Crippen LogP contribution in [0.3, 0.4) is 0 Å². The van der Waals surface area contributed by atoms with Crippen LogP contribution in [-0.2, 0) is 23.9 Å². The molecule has 0 saturated carbocycles. The van der Waals surface area contributed by atoms with Crippen LogP contribution in [0.25, 0.3) is 0 Å². The zero-order valence-electron chi connectivity index (χ0n) is 15.8. The quantitative estimate of drug-likeness (QED) is 0.745. The van der Waals surface area contributed by atoms with Crippen LogP contribution in [0.15, 0.2) is 0 Å². The lowest BCUT2D eigenvalue weighted by molar-refractivity contribution is -0.206. The Morgan fingerprint density at radius 1 is 1.25 bits per heavy atom. The first-order valence-corrected chi connectivity index (χ1v) is 9.33. The molecule has 0 unspecified atom stereocenters. The van der Waals surface area contributed by atoms with E-state index in [1.807, 2.05) is 0 Å². The highest BCUT2D eigenvalue weighted by Crippen LogP contribution is 2.34. The van der Waals surface area contributed by atoms with Gasteiger partial charge < -0.3 is 14.6 Å². The summed E-state index contributed by atoms with van der Waals surface area (Å²) in [5.41, 5.74) is 0. The number of hydrogen-bond donors (Lipinski definition) is 1. The van der Waals surface area contributed by atoms with Crippen LogP contribution in [0.5, 0.6) is 0 Å². The third kappa shape index (κ3) is 6.57. The van der Waals surface area contributed by atoms with Crippen LogP contribution in [-0.4, -0.2) is 91.8 Å². The lowest BCUT2D eigenvalue weighted by atomic mass is 9.91. The molecule has 162 valence electrons. The van der Waals surface area contributed by atoms with Crippen LogP contribution in [0.2, 0.25) is 0 Å². The number of carbonyl (C=O) groups is 2. The molecule has 0 bridgehead atoms. The summed E-state index contributed by atoms with van der Waals surface area (Å²) in [4.78, 5) is 29.2. The number of hydrogen-bond acceptors (Lipinski definition) is 6. The standard InChI is InChI=1S/C15H26N2O4.C2HF3O2/c1-19-9-7-16-6-4-12-10-13(21-14(12)11-16)15(18)17-5-2-3-8-20-17;3-2(4,5)1(6)7/h12-14H,2-11H2,1H3;(H,6,7)/t12-,13-,14+;/m0./s1. The van der Waals surface area contributed by atoms with Crippen molar-refractivity contribution in [2.75, 3.05) is 46.5 Å². The number of methoxy groups -OCH3 is 1. The minimum atomic E-state index is -5.08. The number of likely N-dealkylation sites (tertiary alicyclic amines) is 1. The molecule has 0 spiro atoms. The molecule has 28 heavy (non-hydrogen) atoms. The first kappa shape index (κ1) is 22.9. The fourth-order valence-corrected chi connectivity index (χ4v) is 3.51. The summed E-state index contributed by atoms with van der Waals surface area (Å²) in [5.74, 6) is -2.22. The SMILES string of the molecule is COCCN1CC[C@H]2C[C@@H](C(=O)N3CCCCO3)O[C@@H]2C1.O=C(O)C(F)(F)F. The topological polar surface area (TPSA) is 88.5 Å². The fraction of sp³-hybridized carbons (Fsp3) is 0.882. The van der Waals surface area contributed by atoms with E-state index in [9.17, 15) is 18.0 Å². The van der Waals surface area contributed by atoms with E-state index in [-0.39, 0.29) is 18.1 Å². The number of carboxylic acids is 1. The summed E-state index contributed by atoms with van der Waals surface area (Å²) in [5, 5.41) is 8.65. The van der Waals surface area contributed by atoms with E-state index in [4.69, 9.17) is 24.2 Å². The van der Waals surface area contributed by atoms with E-state index in [1.165, 1.54) is 5.06 Å². The number of hydroxylamine groups is 2. The Labute approximate surface area is 161 Å². The number of carbonyl (C=O) groups excluding carboxylic acids is 1. The van der Waals surface area contributed by atoms with Gasteiger partial charge >= 0.3 is 12.1 Å². The van der Waals surface area contributed by atoms with Crippen LogP contribution >= 0.6 is 0 Å². The number of nitrogens with zero attached hydrogens (tertiary/aromatic N) is 2. The number of fused-ring (bicyclic) bond motifs is 1. The van der Waals surface area contributed by atoms with Gasteiger partial charge in [0.25, 0.3) is 5.91 Å². The van der Waals surface area contributed by atoms with Gasteiger partial charge in [-0.15, -0.1) is 0 Å². The van der Waals surface area contributed by atoms with Crippen molar-refractivity contribution in [1.82, 2.24) is 9.96 Å². The Balaban J connectivity index is 0.000000345. The normalized spacial score (nSPS) is 28.3. The summed E-state index contributed by atoms with van der Waals surface area (Å²) in [7, 11) is 1.73. The molecule has 8 nitrogen and oxygen atoms in total. The molecule has 0 aliphatic carbocycles. The Hall–Kier alpha value is -1.43. The number of amides is 1. The molecular weight excluding hydrogens is 385 g/mol. The first-order valence-electron chi connectivity index (χ1n) is 9.33. The molecule has 3 fully saturated rings. The van der Waals surface area contributed by atoms with Gasteiger partial charge in [-0.1, -0.05) is 0 Å². The van der Waals surface area contributed by atoms with Crippen LogP contribution in [0.4, 0.5) is 13.2 Å². The molecule has 0 aromatic rings. The Kier molecular flexibility index (Phi) is 8.47. The maximum absolute atomic E-state index is 12.4. The van der Waals surface area contributed by atoms with Crippen molar-refractivity contribution in [3.05, 3.63) is 0 Å². The van der Waals surface area contributed by atoms with Gasteiger partial charge in [-0.05, 0) is 38.1 Å². The highest BCUT2D eigenvalue weighted by atomic mass is 19.4. The monoisotopic (exact) mass is 412 g/mol. The third-order valence-corrected chi connectivity index (χ3v) is 5.01. The summed E-state index contributed by atoms with van der Waals surface area (Å²) >= 11 is 0. The van der Waals surface area contributed by atoms with E-state index in [1.54, 1.807) is 7.11 Å². The van der Waals surface area contributed by atoms with Crippen LogP contribution in [0.1, 0.15) is 25.7 Å². The maximum atomic E-state index is 12.4. The van der Waals surface area contributed by atoms with Crippen molar-refractivity contribution < 1.29 is 42.2 Å². The van der Waals surface area contributed by atoms with Gasteiger partial charge in [-0.3, -0.25) is 14.5 Å². The summed E-state index contributed by atoms with van der Waals surface area (Å²) in [6.45, 7) is 5.04. The molecule has 3 saturated heterocycles. The van der Waals surface area contributed by atoms with Crippen LogP contribution in [0, 0.1) is 5.92 Å². The second kappa shape index (κ2) is 10.4. The number of alkyl halides is 3. The summed E-state index contributed by atoms with van der Waals surface area (Å²) < 4.78 is 42.9. The fourth-order valence-electron chi connectivity index (χ4n) is 3.51. The van der Waals surface area contributed by atoms with E-state index >= 15 is 0 Å². The van der Waals surface area contributed by atoms with Crippen molar-refractivity contribution in [3.63, 3.8) is 0 Å². The van der Waals surface area contributed by atoms with Crippen molar-refractivity contribution >= 4 is 11.9 Å². The van der Waals surface area contributed by atoms with Gasteiger partial charge in [0.1, 0.15) is 6.10 Å². The van der Waals surface area contributed by atoms with Gasteiger partial charge in [-0.2, -0.15) is 13.2 Å². The number of rotatable bonds is 4. The molecule has 3 atom stereocenters. The lowest BCUT2D eigenvalue weighted by Crippen LogP contribution is -2.44. The highest BCUT2D eigenvalue weighted by molar-refractivity contribution is 5.80. The Bertz CT molecular complexity index is 528. The lowest BCUT2D eigenvalue weighted by Gasteiger charge is -2.33. The number of carboxylic acid groups (broad SMARTS) is 1. The predicted octanol–water partition coefficient (Wildman–Crippen LogP) is 1.30. The molecule has 1 amide bonds. The molecule has 3 aliphatic heterocycles. The Morgan fingerprint density at radius 3 is 2.54 bits per heavy atom. The molecule has 3 aliphatic rings. The average molecular weight is 412 g/mol. The summed E-state index contributed by atoms with van der Waals surface area (Å²) in [6.07, 6.45) is -1.18. The van der Waals surface area contributed by atoms with Crippen molar-refractivity contribution in [3.8, 4) is 0 Å². The largest absolute Gasteiger partial charge is 0.490 e. The zero-order valence-corrected chi connectivity index (χ0v) is 15.8. The van der Waals surface area contributed by atoms with E-state index in [0.717, 1.165) is 51.9 Å². The van der Waals surface area contributed by atoms with Crippen molar-refractivity contribution in [2.45, 2.75) is 44.1 Å². The van der Waals surface area contributed by atoms with Gasteiger partial charge in [0.05, 0.1) is 19.3 Å². The highest BCUT2D eigenvalue weighted by Gasteiger charge is 2.43. The smallest absolute Gasteiger partial charge is 0.475 e. The first-order chi connectivity index (χ1) is 13.2. The summed E-state index contributed by atoms with van der Waals surface area (Å²) in [6, 6.07) is 0. The number of aliphatic carboxylic acids is 1. The predicted molar refractivity (Wildman–Crippen MR) is 90.3 cm³/mol. The molecule has 0 aromatic carbocycles. The number of ether oxygens (including phenoxy) is 2. The molecule has 3 heterocycles. The molecule has 3 rings (SSSR count). The van der Waals surface area contributed by atoms with E-state index < -0.39 is 12.1 Å². The Morgan fingerprint density at radius 2 is 1.96 bits per heavy atom. The van der Waals surface area contributed by atoms with Crippen LogP contribution < -0.4 is 0 Å². The second-order valence-electron chi connectivity index (χ2n) is 7.02. The van der Waals surface area contributed by atoms with Crippen molar-refractivity contribution in [1.29, 1.82) is 0 Å². The number of piperidine rings is 1. The minimum absolute atomic E-state index is 0.0209. The molecule has 11 heteroatoms. The van der Waals surface area contributed by atoms with Gasteiger partial charge in [0, 0.05) is 26.7 Å².